The Balaban J connectivity index is 1.84. The van der Waals surface area contributed by atoms with Crippen LogP contribution in [0.5, 0.6) is 5.75 Å². The Labute approximate surface area is 212 Å². The van der Waals surface area contributed by atoms with E-state index < -0.39 is 0 Å². The molecule has 0 aliphatic rings. The van der Waals surface area contributed by atoms with Crippen molar-refractivity contribution >= 4 is 16.8 Å². The van der Waals surface area contributed by atoms with E-state index in [0.29, 0.717) is 41.9 Å². The maximum Gasteiger partial charge on any atom is 0.266 e. The van der Waals surface area contributed by atoms with E-state index in [9.17, 15) is 9.59 Å². The van der Waals surface area contributed by atoms with Crippen molar-refractivity contribution in [1.82, 2.24) is 14.5 Å². The smallest absolute Gasteiger partial charge is 0.266 e. The number of hydrogen-bond acceptors (Lipinski definition) is 4. The number of para-hydroxylation sites is 1. The normalized spacial score (nSPS) is 12.8. The van der Waals surface area contributed by atoms with Crippen molar-refractivity contribution in [1.29, 1.82) is 0 Å². The molecule has 1 heterocycles. The highest BCUT2D eigenvalue weighted by Gasteiger charge is 2.30. The largest absolute Gasteiger partial charge is 0.494 e. The van der Waals surface area contributed by atoms with E-state index in [-0.39, 0.29) is 23.4 Å². The Kier molecular flexibility index (Phi) is 7.84. The second-order valence-corrected chi connectivity index (χ2v) is 8.80. The van der Waals surface area contributed by atoms with Crippen molar-refractivity contribution in [3.63, 3.8) is 0 Å². The molecule has 0 spiro atoms. The molecule has 4 rings (SSSR count). The van der Waals surface area contributed by atoms with Gasteiger partial charge in [0.2, 0.25) is 5.91 Å². The van der Waals surface area contributed by atoms with Gasteiger partial charge in [0.25, 0.3) is 5.56 Å². The molecule has 0 fully saturated rings. The number of aromatic nitrogens is 2. The van der Waals surface area contributed by atoms with Crippen molar-refractivity contribution in [2.45, 2.75) is 45.6 Å². The molecular formula is C30H33N3O3. The number of nitrogens with zero attached hydrogens (tertiary/aromatic N) is 3. The highest BCUT2D eigenvalue weighted by atomic mass is 16.5. The van der Waals surface area contributed by atoms with Gasteiger partial charge in [0.05, 0.1) is 35.2 Å². The summed E-state index contributed by atoms with van der Waals surface area (Å²) in [5.74, 6) is 1.02. The van der Waals surface area contributed by atoms with Crippen LogP contribution >= 0.6 is 0 Å². The lowest BCUT2D eigenvalue weighted by Gasteiger charge is -2.32. The van der Waals surface area contributed by atoms with Gasteiger partial charge in [-0.15, -0.1) is 0 Å². The van der Waals surface area contributed by atoms with Crippen molar-refractivity contribution in [2.75, 3.05) is 13.7 Å². The van der Waals surface area contributed by atoms with Crippen LogP contribution in [0, 0.1) is 0 Å². The third-order valence-corrected chi connectivity index (χ3v) is 6.62. The molecule has 0 N–H and O–H groups in total. The molecule has 0 aliphatic heterocycles. The van der Waals surface area contributed by atoms with Gasteiger partial charge in [0.15, 0.2) is 0 Å². The van der Waals surface area contributed by atoms with Gasteiger partial charge >= 0.3 is 0 Å². The zero-order valence-electron chi connectivity index (χ0n) is 21.3. The maximum absolute atomic E-state index is 13.8. The number of likely N-dealkylation sites (N-methyl/N-ethyl adjacent to an activating group) is 1. The Morgan fingerprint density at radius 2 is 1.58 bits per heavy atom. The first-order valence-electron chi connectivity index (χ1n) is 12.6. The van der Waals surface area contributed by atoms with Gasteiger partial charge in [-0.3, -0.25) is 14.2 Å². The van der Waals surface area contributed by atoms with Gasteiger partial charge in [-0.1, -0.05) is 56.3 Å². The van der Waals surface area contributed by atoms with Crippen LogP contribution in [0.1, 0.15) is 57.0 Å². The molecule has 1 aromatic heterocycles. The number of rotatable bonds is 9. The number of hydrogen-bond donors (Lipinski definition) is 0. The zero-order valence-corrected chi connectivity index (χ0v) is 21.3. The fraction of sp³-hybridized carbons (Fsp3) is 0.300. The van der Waals surface area contributed by atoms with Crippen molar-refractivity contribution in [3.8, 4) is 11.4 Å². The van der Waals surface area contributed by atoms with Crippen LogP contribution in [0.15, 0.2) is 83.7 Å². The maximum atomic E-state index is 13.8. The first-order chi connectivity index (χ1) is 17.5. The molecule has 2 unspecified atom stereocenters. The third-order valence-electron chi connectivity index (χ3n) is 6.62. The zero-order chi connectivity index (χ0) is 25.7. The van der Waals surface area contributed by atoms with Gasteiger partial charge in [0, 0.05) is 7.05 Å². The fourth-order valence-electron chi connectivity index (χ4n) is 4.75. The summed E-state index contributed by atoms with van der Waals surface area (Å²) in [6.45, 7) is 6.53. The highest BCUT2D eigenvalue weighted by molar-refractivity contribution is 5.84. The molecule has 1 amide bonds. The topological polar surface area (TPSA) is 64.4 Å². The fourth-order valence-corrected chi connectivity index (χ4v) is 4.75. The molecule has 6 heteroatoms. The third kappa shape index (κ3) is 4.89. The number of fused-ring (bicyclic) bond motifs is 1. The standard InChI is InChI=1S/C30H33N3O3/c1-5-24(21-13-9-8-10-14-21)29(34)32(4)27(6-2)28-31-26-16-12-11-15-25(26)30(35)33(28)22-17-19-23(20-18-22)36-7-3/h8-20,24,27H,5-7H2,1-4H3. The number of carbonyl (C=O) groups is 1. The Morgan fingerprint density at radius 3 is 2.22 bits per heavy atom. The van der Waals surface area contributed by atoms with Gasteiger partial charge < -0.3 is 9.64 Å². The van der Waals surface area contributed by atoms with E-state index in [2.05, 4.69) is 0 Å². The van der Waals surface area contributed by atoms with Crippen LogP contribution in [-0.2, 0) is 4.79 Å². The van der Waals surface area contributed by atoms with Gasteiger partial charge in [-0.25, -0.2) is 4.98 Å². The predicted molar refractivity (Wildman–Crippen MR) is 144 cm³/mol. The summed E-state index contributed by atoms with van der Waals surface area (Å²) in [4.78, 5) is 34.2. The minimum atomic E-state index is -0.390. The van der Waals surface area contributed by atoms with E-state index in [4.69, 9.17) is 9.72 Å². The molecule has 2 atom stereocenters. The predicted octanol–water partition coefficient (Wildman–Crippen LogP) is 5.89. The first-order valence-corrected chi connectivity index (χ1v) is 12.6. The lowest BCUT2D eigenvalue weighted by Crippen LogP contribution is -2.38. The van der Waals surface area contributed by atoms with Crippen LogP contribution in [0.3, 0.4) is 0 Å². The molecule has 186 valence electrons. The van der Waals surface area contributed by atoms with E-state index in [1.54, 1.807) is 15.5 Å². The summed E-state index contributed by atoms with van der Waals surface area (Å²) in [6, 6.07) is 24.2. The average Bonchev–Trinajstić information content (AvgIpc) is 2.91. The van der Waals surface area contributed by atoms with E-state index in [1.165, 1.54) is 0 Å². The molecule has 0 saturated carbocycles. The van der Waals surface area contributed by atoms with Crippen LogP contribution in [0.2, 0.25) is 0 Å². The monoisotopic (exact) mass is 483 g/mol. The van der Waals surface area contributed by atoms with E-state index >= 15 is 0 Å². The summed E-state index contributed by atoms with van der Waals surface area (Å²) >= 11 is 0. The SMILES string of the molecule is CCOc1ccc(-n2c(C(CC)N(C)C(=O)C(CC)c3ccccc3)nc3ccccc3c2=O)cc1. The summed E-state index contributed by atoms with van der Waals surface area (Å²) in [7, 11) is 1.81. The molecule has 3 aromatic carbocycles. The molecule has 0 radical (unpaired) electrons. The lowest BCUT2D eigenvalue weighted by atomic mass is 9.94. The second kappa shape index (κ2) is 11.2. The van der Waals surface area contributed by atoms with Crippen LogP contribution < -0.4 is 10.3 Å². The quantitative estimate of drug-likeness (QED) is 0.298. The van der Waals surface area contributed by atoms with Crippen molar-refractivity contribution in [2.24, 2.45) is 0 Å². The first kappa shape index (κ1) is 25.2. The molecule has 0 bridgehead atoms. The number of benzene rings is 3. The van der Waals surface area contributed by atoms with Gasteiger partial charge in [0.1, 0.15) is 11.6 Å². The number of ether oxygens (including phenoxy) is 1. The molecule has 36 heavy (non-hydrogen) atoms. The molecule has 4 aromatic rings. The minimum absolute atomic E-state index is 0.0104. The van der Waals surface area contributed by atoms with E-state index in [0.717, 1.165) is 11.3 Å². The average molecular weight is 484 g/mol. The molecule has 6 nitrogen and oxygen atoms in total. The summed E-state index contributed by atoms with van der Waals surface area (Å²) < 4.78 is 7.23. The highest BCUT2D eigenvalue weighted by Crippen LogP contribution is 2.30. The van der Waals surface area contributed by atoms with Gasteiger partial charge in [-0.2, -0.15) is 0 Å². The van der Waals surface area contributed by atoms with Gasteiger partial charge in [-0.05, 0) is 61.7 Å². The minimum Gasteiger partial charge on any atom is -0.494 e. The van der Waals surface area contributed by atoms with Crippen LogP contribution in [-0.4, -0.2) is 34.0 Å². The molecule has 0 aliphatic carbocycles. The van der Waals surface area contributed by atoms with Crippen molar-refractivity contribution in [3.05, 3.63) is 101 Å². The number of carbonyl (C=O) groups excluding carboxylic acids is 1. The van der Waals surface area contributed by atoms with Crippen molar-refractivity contribution < 1.29 is 9.53 Å². The lowest BCUT2D eigenvalue weighted by molar-refractivity contribution is -0.134. The summed E-state index contributed by atoms with van der Waals surface area (Å²) in [5, 5.41) is 0.537. The second-order valence-electron chi connectivity index (χ2n) is 8.80. The van der Waals surface area contributed by atoms with Crippen LogP contribution in [0.4, 0.5) is 0 Å². The molecule has 0 saturated heterocycles. The van der Waals surface area contributed by atoms with E-state index in [1.807, 2.05) is 101 Å². The Bertz CT molecular complexity index is 1380. The van der Waals surface area contributed by atoms with Crippen LogP contribution in [0.25, 0.3) is 16.6 Å². The Hall–Kier alpha value is -3.93. The molecular weight excluding hydrogens is 450 g/mol. The Morgan fingerprint density at radius 1 is 0.917 bits per heavy atom. The summed E-state index contributed by atoms with van der Waals surface area (Å²) in [6.07, 6.45) is 1.29. The number of amides is 1. The summed E-state index contributed by atoms with van der Waals surface area (Å²) in [5.41, 5.74) is 2.14.